The minimum Gasteiger partial charge on any atom is -0.461 e. The Morgan fingerprint density at radius 2 is 1.72 bits per heavy atom. The minimum atomic E-state index is -0.599. The lowest BCUT2D eigenvalue weighted by atomic mass is 10.2. The van der Waals surface area contributed by atoms with Gasteiger partial charge in [0.25, 0.3) is 0 Å². The smallest absolute Gasteiger partial charge is 0.357 e. The fourth-order valence-corrected chi connectivity index (χ4v) is 1.20. The summed E-state index contributed by atoms with van der Waals surface area (Å²) in [7, 11) is 0. The lowest BCUT2D eigenvalue weighted by Gasteiger charge is -2.19. The molecule has 1 rings (SSSR count). The van der Waals surface area contributed by atoms with Gasteiger partial charge in [-0.05, 0) is 39.8 Å². The first kappa shape index (κ1) is 14.2. The van der Waals surface area contributed by atoms with Crippen molar-refractivity contribution >= 4 is 11.9 Å². The van der Waals surface area contributed by atoms with Gasteiger partial charge in [0, 0.05) is 0 Å². The second-order valence-corrected chi connectivity index (χ2v) is 4.63. The molecule has 0 aliphatic rings. The van der Waals surface area contributed by atoms with Crippen molar-refractivity contribution in [1.29, 1.82) is 0 Å². The maximum absolute atomic E-state index is 11.8. The fourth-order valence-electron chi connectivity index (χ4n) is 1.20. The third-order valence-electron chi connectivity index (χ3n) is 1.84. The quantitative estimate of drug-likeness (QED) is 0.770. The second kappa shape index (κ2) is 5.62. The standard InChI is InChI=1S/C13H17NO4/c1-5-17-11(15)9-7-6-8-10(14-9)12(16)18-13(2,3)4/h6-8H,5H2,1-4H3. The summed E-state index contributed by atoms with van der Waals surface area (Å²) in [6, 6.07) is 4.56. The molecule has 5 heteroatoms. The molecule has 1 aromatic rings. The molecular formula is C13H17NO4. The SMILES string of the molecule is CCOC(=O)c1cccc(C(=O)OC(C)(C)C)n1. The highest BCUT2D eigenvalue weighted by Gasteiger charge is 2.20. The van der Waals surface area contributed by atoms with Crippen LogP contribution in [0.2, 0.25) is 0 Å². The summed E-state index contributed by atoms with van der Waals surface area (Å²) >= 11 is 0. The number of hydrogen-bond acceptors (Lipinski definition) is 5. The van der Waals surface area contributed by atoms with Gasteiger partial charge in [-0.3, -0.25) is 0 Å². The van der Waals surface area contributed by atoms with E-state index in [4.69, 9.17) is 9.47 Å². The zero-order valence-electron chi connectivity index (χ0n) is 11.0. The molecule has 0 radical (unpaired) electrons. The first-order valence-electron chi connectivity index (χ1n) is 5.71. The van der Waals surface area contributed by atoms with E-state index in [1.807, 2.05) is 0 Å². The lowest BCUT2D eigenvalue weighted by molar-refractivity contribution is 0.00627. The van der Waals surface area contributed by atoms with Gasteiger partial charge >= 0.3 is 11.9 Å². The number of pyridine rings is 1. The van der Waals surface area contributed by atoms with Crippen LogP contribution in [0.25, 0.3) is 0 Å². The van der Waals surface area contributed by atoms with E-state index in [1.165, 1.54) is 12.1 Å². The number of esters is 2. The summed E-state index contributed by atoms with van der Waals surface area (Å²) in [4.78, 5) is 27.2. The van der Waals surface area contributed by atoms with Crippen molar-refractivity contribution < 1.29 is 19.1 Å². The lowest BCUT2D eigenvalue weighted by Crippen LogP contribution is -2.24. The first-order chi connectivity index (χ1) is 8.33. The van der Waals surface area contributed by atoms with Crippen molar-refractivity contribution in [2.24, 2.45) is 0 Å². The minimum absolute atomic E-state index is 0.0930. The van der Waals surface area contributed by atoms with Crippen LogP contribution in [-0.2, 0) is 9.47 Å². The summed E-state index contributed by atoms with van der Waals surface area (Å²) in [5, 5.41) is 0. The number of rotatable bonds is 3. The van der Waals surface area contributed by atoms with Crippen LogP contribution in [0.5, 0.6) is 0 Å². The van der Waals surface area contributed by atoms with E-state index in [0.717, 1.165) is 0 Å². The van der Waals surface area contributed by atoms with Crippen molar-refractivity contribution in [3.05, 3.63) is 29.6 Å². The van der Waals surface area contributed by atoms with Crippen LogP contribution in [0.15, 0.2) is 18.2 Å². The zero-order valence-corrected chi connectivity index (χ0v) is 11.0. The van der Waals surface area contributed by atoms with Crippen LogP contribution in [0.4, 0.5) is 0 Å². The summed E-state index contributed by atoms with van der Waals surface area (Å²) in [6.45, 7) is 7.26. The number of carbonyl (C=O) groups excluding carboxylic acids is 2. The highest BCUT2D eigenvalue weighted by atomic mass is 16.6. The molecule has 0 atom stereocenters. The molecule has 18 heavy (non-hydrogen) atoms. The normalized spacial score (nSPS) is 10.9. The molecule has 5 nitrogen and oxygen atoms in total. The molecule has 0 aliphatic carbocycles. The van der Waals surface area contributed by atoms with Gasteiger partial charge < -0.3 is 9.47 Å². The van der Waals surface area contributed by atoms with Crippen LogP contribution < -0.4 is 0 Å². The van der Waals surface area contributed by atoms with Crippen molar-refractivity contribution in [3.63, 3.8) is 0 Å². The van der Waals surface area contributed by atoms with Gasteiger partial charge in [-0.15, -0.1) is 0 Å². The maximum atomic E-state index is 11.8. The molecule has 98 valence electrons. The molecule has 0 amide bonds. The largest absolute Gasteiger partial charge is 0.461 e. The molecule has 0 saturated carbocycles. The average Bonchev–Trinajstić information content (AvgIpc) is 2.27. The molecular weight excluding hydrogens is 234 g/mol. The van der Waals surface area contributed by atoms with Crippen LogP contribution in [0, 0.1) is 0 Å². The number of aromatic nitrogens is 1. The van der Waals surface area contributed by atoms with Crippen LogP contribution in [0.1, 0.15) is 48.7 Å². The topological polar surface area (TPSA) is 65.5 Å². The Morgan fingerprint density at radius 1 is 1.17 bits per heavy atom. The number of ether oxygens (including phenoxy) is 2. The maximum Gasteiger partial charge on any atom is 0.357 e. The van der Waals surface area contributed by atoms with Crippen molar-refractivity contribution in [2.45, 2.75) is 33.3 Å². The van der Waals surface area contributed by atoms with Crippen molar-refractivity contribution in [3.8, 4) is 0 Å². The summed E-state index contributed by atoms with van der Waals surface area (Å²) in [5.41, 5.74) is -0.408. The summed E-state index contributed by atoms with van der Waals surface area (Å²) in [6.07, 6.45) is 0. The van der Waals surface area contributed by atoms with E-state index in [2.05, 4.69) is 4.98 Å². The van der Waals surface area contributed by atoms with Crippen LogP contribution >= 0.6 is 0 Å². The van der Waals surface area contributed by atoms with Gasteiger partial charge in [0.1, 0.15) is 17.0 Å². The van der Waals surface area contributed by atoms with Crippen LogP contribution in [-0.4, -0.2) is 29.1 Å². The monoisotopic (exact) mass is 251 g/mol. The fraction of sp³-hybridized carbons (Fsp3) is 0.462. The third-order valence-corrected chi connectivity index (χ3v) is 1.84. The highest BCUT2D eigenvalue weighted by molar-refractivity contribution is 5.91. The average molecular weight is 251 g/mol. The molecule has 0 N–H and O–H groups in total. The van der Waals surface area contributed by atoms with Crippen LogP contribution in [0.3, 0.4) is 0 Å². The Labute approximate surface area is 106 Å². The van der Waals surface area contributed by atoms with E-state index in [9.17, 15) is 9.59 Å². The molecule has 0 aliphatic heterocycles. The third kappa shape index (κ3) is 4.16. The summed E-state index contributed by atoms with van der Waals surface area (Å²) < 4.78 is 9.97. The Morgan fingerprint density at radius 3 is 2.22 bits per heavy atom. The predicted molar refractivity (Wildman–Crippen MR) is 65.4 cm³/mol. The van der Waals surface area contributed by atoms with E-state index in [1.54, 1.807) is 33.8 Å². The Kier molecular flexibility index (Phi) is 4.42. The molecule has 0 unspecified atom stereocenters. The molecule has 0 saturated heterocycles. The number of hydrogen-bond donors (Lipinski definition) is 0. The van der Waals surface area contributed by atoms with Gasteiger partial charge in [0.05, 0.1) is 6.61 Å². The van der Waals surface area contributed by atoms with Gasteiger partial charge in [0.2, 0.25) is 0 Å². The van der Waals surface area contributed by atoms with E-state index in [-0.39, 0.29) is 18.0 Å². The predicted octanol–water partition coefficient (Wildman–Crippen LogP) is 2.21. The molecule has 1 heterocycles. The van der Waals surface area contributed by atoms with E-state index >= 15 is 0 Å². The van der Waals surface area contributed by atoms with Gasteiger partial charge in [-0.25, -0.2) is 14.6 Å². The number of carbonyl (C=O) groups is 2. The molecule has 1 aromatic heterocycles. The Hall–Kier alpha value is -1.91. The van der Waals surface area contributed by atoms with Gasteiger partial charge in [-0.1, -0.05) is 6.07 Å². The van der Waals surface area contributed by atoms with Gasteiger partial charge in [0.15, 0.2) is 0 Å². The van der Waals surface area contributed by atoms with Crippen molar-refractivity contribution in [2.75, 3.05) is 6.61 Å². The molecule has 0 spiro atoms. The molecule has 0 bridgehead atoms. The molecule has 0 fully saturated rings. The van der Waals surface area contributed by atoms with E-state index < -0.39 is 17.5 Å². The second-order valence-electron chi connectivity index (χ2n) is 4.63. The number of nitrogens with zero attached hydrogens (tertiary/aromatic N) is 1. The zero-order chi connectivity index (χ0) is 13.8. The summed E-state index contributed by atoms with van der Waals surface area (Å²) in [5.74, 6) is -1.11. The first-order valence-corrected chi connectivity index (χ1v) is 5.71. The Bertz CT molecular complexity index is 449. The van der Waals surface area contributed by atoms with Gasteiger partial charge in [-0.2, -0.15) is 0 Å². The van der Waals surface area contributed by atoms with Crippen molar-refractivity contribution in [1.82, 2.24) is 4.98 Å². The highest BCUT2D eigenvalue weighted by Crippen LogP contribution is 2.11. The van der Waals surface area contributed by atoms with E-state index in [0.29, 0.717) is 0 Å². The Balaban J connectivity index is 2.88. The molecule has 0 aromatic carbocycles.